The van der Waals surface area contributed by atoms with Crippen molar-refractivity contribution in [2.75, 3.05) is 26.2 Å². The minimum Gasteiger partial charge on any atom is -0.373 e. The number of likely N-dealkylation sites (tertiary alicyclic amines) is 1. The van der Waals surface area contributed by atoms with Crippen molar-refractivity contribution in [2.45, 2.75) is 71.2 Å². The average molecular weight is 399 g/mol. The van der Waals surface area contributed by atoms with Crippen molar-refractivity contribution in [1.29, 1.82) is 0 Å². The first kappa shape index (κ1) is 20.5. The number of morpholine rings is 1. The Morgan fingerprint density at radius 1 is 1.10 bits per heavy atom. The Balaban J connectivity index is 1.37. The third-order valence-corrected chi connectivity index (χ3v) is 6.11. The molecule has 2 aliphatic heterocycles. The largest absolute Gasteiger partial charge is 0.373 e. The highest BCUT2D eigenvalue weighted by molar-refractivity contribution is 5.54. The molecule has 0 radical (unpaired) electrons. The van der Waals surface area contributed by atoms with E-state index in [1.54, 1.807) is 0 Å². The third-order valence-electron chi connectivity index (χ3n) is 6.11. The SMILES string of the molecule is CC1CN(CC2CCCN2Cc2nc(-c3ccc(C(C)C)cc3)no2)CC(C)O1. The van der Waals surface area contributed by atoms with Gasteiger partial charge in [-0.25, -0.2) is 0 Å². The lowest BCUT2D eigenvalue weighted by Gasteiger charge is -2.38. The van der Waals surface area contributed by atoms with E-state index in [0.717, 1.165) is 38.3 Å². The fourth-order valence-corrected chi connectivity index (χ4v) is 4.67. The van der Waals surface area contributed by atoms with E-state index in [2.05, 4.69) is 71.9 Å². The lowest BCUT2D eigenvalue weighted by atomic mass is 10.0. The minimum absolute atomic E-state index is 0.314. The molecule has 0 N–H and O–H groups in total. The molecule has 1 aromatic heterocycles. The lowest BCUT2D eigenvalue weighted by molar-refractivity contribution is -0.0726. The monoisotopic (exact) mass is 398 g/mol. The van der Waals surface area contributed by atoms with Gasteiger partial charge >= 0.3 is 0 Å². The van der Waals surface area contributed by atoms with Crippen molar-refractivity contribution in [1.82, 2.24) is 19.9 Å². The molecule has 0 aliphatic carbocycles. The molecule has 3 heterocycles. The van der Waals surface area contributed by atoms with Gasteiger partial charge in [0.1, 0.15) is 0 Å². The van der Waals surface area contributed by atoms with Gasteiger partial charge in [0.2, 0.25) is 11.7 Å². The number of nitrogens with zero attached hydrogens (tertiary/aromatic N) is 4. The minimum atomic E-state index is 0.314. The highest BCUT2D eigenvalue weighted by Gasteiger charge is 2.30. The van der Waals surface area contributed by atoms with E-state index in [9.17, 15) is 0 Å². The zero-order valence-corrected chi connectivity index (χ0v) is 18.2. The predicted octanol–water partition coefficient (Wildman–Crippen LogP) is 3.93. The molecule has 2 aliphatic rings. The predicted molar refractivity (Wildman–Crippen MR) is 114 cm³/mol. The van der Waals surface area contributed by atoms with Gasteiger partial charge in [-0.1, -0.05) is 43.3 Å². The van der Waals surface area contributed by atoms with E-state index in [1.165, 1.54) is 18.4 Å². The molecule has 2 saturated heterocycles. The number of benzene rings is 1. The van der Waals surface area contributed by atoms with Crippen molar-refractivity contribution < 1.29 is 9.26 Å². The molecule has 3 unspecified atom stereocenters. The third kappa shape index (κ3) is 5.05. The maximum atomic E-state index is 5.88. The summed E-state index contributed by atoms with van der Waals surface area (Å²) in [5, 5.41) is 4.22. The number of hydrogen-bond donors (Lipinski definition) is 0. The van der Waals surface area contributed by atoms with E-state index >= 15 is 0 Å². The second-order valence-electron chi connectivity index (χ2n) is 9.03. The summed E-state index contributed by atoms with van der Waals surface area (Å²) in [7, 11) is 0. The second-order valence-corrected chi connectivity index (χ2v) is 9.03. The van der Waals surface area contributed by atoms with Gasteiger partial charge in [0, 0.05) is 31.2 Å². The molecule has 3 atom stereocenters. The van der Waals surface area contributed by atoms with Gasteiger partial charge in [-0.3, -0.25) is 9.80 Å². The first-order valence-electron chi connectivity index (χ1n) is 11.0. The van der Waals surface area contributed by atoms with Gasteiger partial charge < -0.3 is 9.26 Å². The summed E-state index contributed by atoms with van der Waals surface area (Å²) >= 11 is 0. The van der Waals surface area contributed by atoms with Crippen LogP contribution in [0.3, 0.4) is 0 Å². The van der Waals surface area contributed by atoms with Crippen LogP contribution in [0.2, 0.25) is 0 Å². The number of ether oxygens (including phenoxy) is 1. The molecular formula is C23H34N4O2. The Bertz CT molecular complexity index is 778. The highest BCUT2D eigenvalue weighted by Crippen LogP contribution is 2.24. The van der Waals surface area contributed by atoms with Crippen LogP contribution in [0.5, 0.6) is 0 Å². The van der Waals surface area contributed by atoms with E-state index in [1.807, 2.05) is 0 Å². The van der Waals surface area contributed by atoms with Crippen molar-refractivity contribution in [2.24, 2.45) is 0 Å². The topological polar surface area (TPSA) is 54.6 Å². The van der Waals surface area contributed by atoms with Crippen LogP contribution in [0.15, 0.2) is 28.8 Å². The Hall–Kier alpha value is -1.76. The quantitative estimate of drug-likeness (QED) is 0.735. The number of hydrogen-bond acceptors (Lipinski definition) is 6. The summed E-state index contributed by atoms with van der Waals surface area (Å²) in [6, 6.07) is 9.02. The van der Waals surface area contributed by atoms with Crippen LogP contribution in [0, 0.1) is 0 Å². The smallest absolute Gasteiger partial charge is 0.241 e. The van der Waals surface area contributed by atoms with E-state index in [0.29, 0.717) is 35.9 Å². The molecule has 0 saturated carbocycles. The van der Waals surface area contributed by atoms with E-state index < -0.39 is 0 Å². The highest BCUT2D eigenvalue weighted by atomic mass is 16.5. The van der Waals surface area contributed by atoms with Crippen LogP contribution in [-0.4, -0.2) is 64.4 Å². The summed E-state index contributed by atoms with van der Waals surface area (Å²) in [5.41, 5.74) is 2.34. The molecule has 0 bridgehead atoms. The summed E-state index contributed by atoms with van der Waals surface area (Å²) in [6.07, 6.45) is 3.10. The molecule has 29 heavy (non-hydrogen) atoms. The lowest BCUT2D eigenvalue weighted by Crippen LogP contribution is -2.50. The van der Waals surface area contributed by atoms with Crippen LogP contribution in [-0.2, 0) is 11.3 Å². The molecule has 1 aromatic carbocycles. The van der Waals surface area contributed by atoms with E-state index in [4.69, 9.17) is 9.26 Å². The standard InChI is InChI=1S/C23H34N4O2/c1-16(2)19-7-9-20(10-8-19)23-24-22(29-25-23)15-27-11-5-6-21(27)14-26-12-17(3)28-18(4)13-26/h7-10,16-18,21H,5-6,11-15H2,1-4H3. The average Bonchev–Trinajstić information content (AvgIpc) is 3.31. The Kier molecular flexibility index (Phi) is 6.32. The van der Waals surface area contributed by atoms with Crippen LogP contribution < -0.4 is 0 Å². The molecule has 2 fully saturated rings. The summed E-state index contributed by atoms with van der Waals surface area (Å²) in [5.74, 6) is 1.92. The summed E-state index contributed by atoms with van der Waals surface area (Å²) in [4.78, 5) is 9.73. The Labute approximate surface area is 174 Å². The number of aromatic nitrogens is 2. The summed E-state index contributed by atoms with van der Waals surface area (Å²) in [6.45, 7) is 13.7. The van der Waals surface area contributed by atoms with Gasteiger partial charge in [0.15, 0.2) is 0 Å². The van der Waals surface area contributed by atoms with Crippen molar-refractivity contribution >= 4 is 0 Å². The van der Waals surface area contributed by atoms with Gasteiger partial charge in [-0.15, -0.1) is 0 Å². The van der Waals surface area contributed by atoms with Gasteiger partial charge in [-0.05, 0) is 44.7 Å². The molecule has 158 valence electrons. The fourth-order valence-electron chi connectivity index (χ4n) is 4.67. The molecule has 0 spiro atoms. The van der Waals surface area contributed by atoms with Gasteiger partial charge in [-0.2, -0.15) is 4.98 Å². The van der Waals surface area contributed by atoms with Crippen LogP contribution in [0.4, 0.5) is 0 Å². The maximum absolute atomic E-state index is 5.88. The maximum Gasteiger partial charge on any atom is 0.241 e. The number of rotatable bonds is 6. The van der Waals surface area contributed by atoms with Gasteiger partial charge in [0.25, 0.3) is 0 Å². The first-order chi connectivity index (χ1) is 14.0. The molecule has 4 rings (SSSR count). The van der Waals surface area contributed by atoms with Crippen LogP contribution >= 0.6 is 0 Å². The van der Waals surface area contributed by atoms with E-state index in [-0.39, 0.29) is 0 Å². The fraction of sp³-hybridized carbons (Fsp3) is 0.652. The van der Waals surface area contributed by atoms with Crippen LogP contribution in [0.1, 0.15) is 57.9 Å². The second kappa shape index (κ2) is 8.94. The molecule has 6 nitrogen and oxygen atoms in total. The van der Waals surface area contributed by atoms with Crippen molar-refractivity contribution in [3.63, 3.8) is 0 Å². The molecule has 2 aromatic rings. The normalized spacial score (nSPS) is 26.4. The van der Waals surface area contributed by atoms with Crippen molar-refractivity contribution in [3.8, 4) is 11.4 Å². The van der Waals surface area contributed by atoms with Crippen molar-refractivity contribution in [3.05, 3.63) is 35.7 Å². The first-order valence-corrected chi connectivity index (χ1v) is 11.0. The Morgan fingerprint density at radius 2 is 1.83 bits per heavy atom. The molecule has 0 amide bonds. The molecular weight excluding hydrogens is 364 g/mol. The van der Waals surface area contributed by atoms with Gasteiger partial charge in [0.05, 0.1) is 18.8 Å². The Morgan fingerprint density at radius 3 is 2.52 bits per heavy atom. The summed E-state index contributed by atoms with van der Waals surface area (Å²) < 4.78 is 11.5. The van der Waals surface area contributed by atoms with Crippen LogP contribution in [0.25, 0.3) is 11.4 Å². The zero-order valence-electron chi connectivity index (χ0n) is 18.2. The molecule has 6 heteroatoms. The zero-order chi connectivity index (χ0) is 20.4.